The van der Waals surface area contributed by atoms with Crippen molar-refractivity contribution in [2.24, 2.45) is 10.9 Å². The molecule has 1 aliphatic rings. The van der Waals surface area contributed by atoms with E-state index in [1.54, 1.807) is 7.11 Å². The van der Waals surface area contributed by atoms with Crippen molar-refractivity contribution < 1.29 is 14.3 Å². The van der Waals surface area contributed by atoms with Crippen LogP contribution in [-0.4, -0.2) is 80.9 Å². The summed E-state index contributed by atoms with van der Waals surface area (Å²) in [5, 5.41) is 3.48. The third kappa shape index (κ3) is 11.9. The number of unbranched alkanes of at least 4 members (excludes halogenated alkanes) is 2. The molecule has 1 heterocycles. The van der Waals surface area contributed by atoms with Gasteiger partial charge in [0.1, 0.15) is 5.60 Å². The van der Waals surface area contributed by atoms with Crippen molar-refractivity contribution in [3.63, 3.8) is 0 Å². The number of ether oxygens (including phenoxy) is 2. The van der Waals surface area contributed by atoms with Crippen LogP contribution in [-0.2, 0) is 9.47 Å². The van der Waals surface area contributed by atoms with Gasteiger partial charge in [0.15, 0.2) is 5.96 Å². The molecule has 1 rings (SSSR count). The molecule has 0 atom stereocenters. The normalized spacial score (nSPS) is 15.7. The van der Waals surface area contributed by atoms with Crippen LogP contribution in [0.4, 0.5) is 4.79 Å². The van der Waals surface area contributed by atoms with Crippen molar-refractivity contribution in [1.82, 2.24) is 15.1 Å². The van der Waals surface area contributed by atoms with Crippen molar-refractivity contribution in [1.29, 1.82) is 0 Å². The van der Waals surface area contributed by atoms with Crippen LogP contribution < -0.4 is 5.32 Å². The zero-order chi connectivity index (χ0) is 21.0. The zero-order valence-corrected chi connectivity index (χ0v) is 21.7. The standard InChI is InChI=1S/C21H42N4O3.HI/c1-7-24(20(26)28-21(2,3)4)17-18-11-14-25(15-12-18)19(22-5)23-13-9-8-10-16-27-6;/h18H,7-17H2,1-6H3,(H,22,23);1H. The molecule has 8 heteroatoms. The van der Waals surface area contributed by atoms with Gasteiger partial charge in [-0.15, -0.1) is 24.0 Å². The fourth-order valence-corrected chi connectivity index (χ4v) is 3.38. The second-order valence-corrected chi connectivity index (χ2v) is 8.48. The van der Waals surface area contributed by atoms with Crippen LogP contribution in [0, 0.1) is 5.92 Å². The summed E-state index contributed by atoms with van der Waals surface area (Å²) in [5.74, 6) is 1.50. The number of carbonyl (C=O) groups is 1. The van der Waals surface area contributed by atoms with Gasteiger partial charge < -0.3 is 24.6 Å². The predicted molar refractivity (Wildman–Crippen MR) is 130 cm³/mol. The molecule has 0 aromatic rings. The van der Waals surface area contributed by atoms with Gasteiger partial charge in [0, 0.05) is 53.5 Å². The number of methoxy groups -OCH3 is 1. The summed E-state index contributed by atoms with van der Waals surface area (Å²) in [7, 11) is 3.59. The molecule has 0 aliphatic carbocycles. The van der Waals surface area contributed by atoms with Crippen molar-refractivity contribution in [3.8, 4) is 0 Å². The Bertz CT molecular complexity index is 475. The molecule has 1 saturated heterocycles. The summed E-state index contributed by atoms with van der Waals surface area (Å²) < 4.78 is 10.6. The average molecular weight is 527 g/mol. The third-order valence-corrected chi connectivity index (χ3v) is 4.95. The van der Waals surface area contributed by atoms with E-state index < -0.39 is 5.60 Å². The quantitative estimate of drug-likeness (QED) is 0.213. The van der Waals surface area contributed by atoms with Gasteiger partial charge in [0.25, 0.3) is 0 Å². The number of guanidine groups is 1. The van der Waals surface area contributed by atoms with Crippen LogP contribution in [0.5, 0.6) is 0 Å². The van der Waals surface area contributed by atoms with Crippen LogP contribution in [0.2, 0.25) is 0 Å². The largest absolute Gasteiger partial charge is 0.444 e. The van der Waals surface area contributed by atoms with Crippen LogP contribution in [0.1, 0.15) is 59.8 Å². The van der Waals surface area contributed by atoms with Gasteiger partial charge in [-0.2, -0.15) is 0 Å². The summed E-state index contributed by atoms with van der Waals surface area (Å²) in [6, 6.07) is 0. The number of nitrogens with one attached hydrogen (secondary N) is 1. The highest BCUT2D eigenvalue weighted by molar-refractivity contribution is 14.0. The molecule has 0 aromatic heterocycles. The molecule has 7 nitrogen and oxygen atoms in total. The SMILES string of the molecule is CCN(CC1CCN(C(=NC)NCCCCCOC)CC1)C(=O)OC(C)(C)C.I. The van der Waals surface area contributed by atoms with Gasteiger partial charge >= 0.3 is 6.09 Å². The van der Waals surface area contributed by atoms with E-state index in [0.717, 1.165) is 70.8 Å². The molecule has 0 spiro atoms. The van der Waals surface area contributed by atoms with Gasteiger partial charge in [0.05, 0.1) is 0 Å². The Hall–Kier alpha value is -0.770. The van der Waals surface area contributed by atoms with Crippen LogP contribution in [0.25, 0.3) is 0 Å². The van der Waals surface area contributed by atoms with Crippen molar-refractivity contribution in [2.45, 2.75) is 65.4 Å². The second-order valence-electron chi connectivity index (χ2n) is 8.48. The molecule has 0 saturated carbocycles. The molecule has 0 unspecified atom stereocenters. The fourth-order valence-electron chi connectivity index (χ4n) is 3.38. The summed E-state index contributed by atoms with van der Waals surface area (Å²) in [6.45, 7) is 12.9. The number of aliphatic imine (C=N–C) groups is 1. The first-order valence-electron chi connectivity index (χ1n) is 10.7. The summed E-state index contributed by atoms with van der Waals surface area (Å²) >= 11 is 0. The lowest BCUT2D eigenvalue weighted by atomic mass is 9.96. The summed E-state index contributed by atoms with van der Waals surface area (Å²) in [6.07, 6.45) is 5.32. The van der Waals surface area contributed by atoms with Crippen molar-refractivity contribution in [2.75, 3.05) is 53.5 Å². The molecule has 1 N–H and O–H groups in total. The highest BCUT2D eigenvalue weighted by Crippen LogP contribution is 2.20. The lowest BCUT2D eigenvalue weighted by Gasteiger charge is -2.36. The van der Waals surface area contributed by atoms with Gasteiger partial charge in [-0.25, -0.2) is 4.79 Å². The molecule has 0 radical (unpaired) electrons. The van der Waals surface area contributed by atoms with Crippen LogP contribution >= 0.6 is 24.0 Å². The Morgan fingerprint density at radius 1 is 1.21 bits per heavy atom. The van der Waals surface area contributed by atoms with E-state index in [9.17, 15) is 4.79 Å². The van der Waals surface area contributed by atoms with E-state index >= 15 is 0 Å². The van der Waals surface area contributed by atoms with E-state index in [1.165, 1.54) is 0 Å². The minimum absolute atomic E-state index is 0. The molecule has 0 bridgehead atoms. The number of halogens is 1. The lowest BCUT2D eigenvalue weighted by molar-refractivity contribution is 0.0214. The van der Waals surface area contributed by atoms with E-state index in [1.807, 2.05) is 39.6 Å². The Morgan fingerprint density at radius 3 is 2.38 bits per heavy atom. The van der Waals surface area contributed by atoms with Gasteiger partial charge in [-0.05, 0) is 65.7 Å². The number of rotatable bonds is 9. The Balaban J connectivity index is 0.00000784. The minimum atomic E-state index is -0.449. The molecule has 29 heavy (non-hydrogen) atoms. The van der Waals surface area contributed by atoms with Crippen molar-refractivity contribution >= 4 is 36.0 Å². The van der Waals surface area contributed by atoms with Gasteiger partial charge in [0.2, 0.25) is 0 Å². The Morgan fingerprint density at radius 2 is 1.86 bits per heavy atom. The molecular formula is C21H43IN4O3. The number of piperidine rings is 1. The Labute approximate surface area is 195 Å². The molecule has 1 aliphatic heterocycles. The number of amides is 1. The Kier molecular flexibility index (Phi) is 14.7. The lowest BCUT2D eigenvalue weighted by Crippen LogP contribution is -2.48. The van der Waals surface area contributed by atoms with E-state index in [4.69, 9.17) is 9.47 Å². The average Bonchev–Trinajstić information content (AvgIpc) is 2.65. The number of likely N-dealkylation sites (tertiary alicyclic amines) is 1. The number of carbonyl (C=O) groups excluding carboxylic acids is 1. The first-order valence-corrected chi connectivity index (χ1v) is 10.7. The topological polar surface area (TPSA) is 66.4 Å². The van der Waals surface area contributed by atoms with Gasteiger partial charge in [-0.1, -0.05) is 0 Å². The third-order valence-electron chi connectivity index (χ3n) is 4.95. The van der Waals surface area contributed by atoms with E-state index in [2.05, 4.69) is 15.2 Å². The molecular weight excluding hydrogens is 483 g/mol. The first kappa shape index (κ1) is 28.2. The number of hydrogen-bond donors (Lipinski definition) is 1. The molecule has 1 amide bonds. The number of nitrogens with zero attached hydrogens (tertiary/aromatic N) is 3. The minimum Gasteiger partial charge on any atom is -0.444 e. The molecule has 172 valence electrons. The maximum absolute atomic E-state index is 12.4. The maximum Gasteiger partial charge on any atom is 0.410 e. The van der Waals surface area contributed by atoms with Gasteiger partial charge in [-0.3, -0.25) is 4.99 Å². The first-order chi connectivity index (χ1) is 13.3. The highest BCUT2D eigenvalue weighted by Gasteiger charge is 2.27. The van der Waals surface area contributed by atoms with Crippen LogP contribution in [0.15, 0.2) is 4.99 Å². The summed E-state index contributed by atoms with van der Waals surface area (Å²) in [4.78, 5) is 21.0. The number of hydrogen-bond acceptors (Lipinski definition) is 4. The fraction of sp³-hybridized carbons (Fsp3) is 0.905. The maximum atomic E-state index is 12.4. The zero-order valence-electron chi connectivity index (χ0n) is 19.3. The van der Waals surface area contributed by atoms with Crippen molar-refractivity contribution in [3.05, 3.63) is 0 Å². The van der Waals surface area contributed by atoms with E-state index in [-0.39, 0.29) is 30.1 Å². The van der Waals surface area contributed by atoms with E-state index in [0.29, 0.717) is 12.5 Å². The van der Waals surface area contributed by atoms with Crippen LogP contribution in [0.3, 0.4) is 0 Å². The second kappa shape index (κ2) is 15.1. The smallest absolute Gasteiger partial charge is 0.410 e. The molecule has 1 fully saturated rings. The molecule has 0 aromatic carbocycles. The predicted octanol–water partition coefficient (Wildman–Crippen LogP) is 3.97. The summed E-state index contributed by atoms with van der Waals surface area (Å²) in [5.41, 5.74) is -0.449. The highest BCUT2D eigenvalue weighted by atomic mass is 127. The monoisotopic (exact) mass is 526 g/mol.